The lowest BCUT2D eigenvalue weighted by Gasteiger charge is -2.24. The number of pyridine rings is 1. The Labute approximate surface area is 156 Å². The summed E-state index contributed by atoms with van der Waals surface area (Å²) in [7, 11) is 0. The zero-order valence-corrected chi connectivity index (χ0v) is 15.0. The second kappa shape index (κ2) is 6.19. The molecule has 138 valence electrons. The van der Waals surface area contributed by atoms with Gasteiger partial charge in [0.2, 0.25) is 11.8 Å². The van der Waals surface area contributed by atoms with Gasteiger partial charge in [-0.1, -0.05) is 24.3 Å². The van der Waals surface area contributed by atoms with E-state index in [1.807, 2.05) is 37.3 Å². The van der Waals surface area contributed by atoms with Crippen molar-refractivity contribution in [1.29, 1.82) is 0 Å². The summed E-state index contributed by atoms with van der Waals surface area (Å²) in [6, 6.07) is 12.7. The number of hydrogen-bond acceptors (Lipinski definition) is 4. The van der Waals surface area contributed by atoms with Crippen LogP contribution in [0, 0.1) is 6.92 Å². The number of aromatic nitrogens is 1. The maximum Gasteiger partial charge on any atom is 0.272 e. The van der Waals surface area contributed by atoms with Crippen LogP contribution in [-0.2, 0) is 15.0 Å². The number of carbonyl (C=O) groups excluding carboxylic acids is 3. The first-order valence-electron chi connectivity index (χ1n) is 8.85. The molecule has 0 unspecified atom stereocenters. The Bertz CT molecular complexity index is 958. The SMILES string of the molecule is Cc1cccc(C(=O)N2CC[C@@]3(C2)C(=O)N(CC(N)=O)c2ccccc23)n1. The molecule has 3 amide bonds. The minimum Gasteiger partial charge on any atom is -0.368 e. The summed E-state index contributed by atoms with van der Waals surface area (Å²) in [5, 5.41) is 0. The highest BCUT2D eigenvalue weighted by atomic mass is 16.2. The number of primary amides is 1. The molecule has 1 saturated heterocycles. The van der Waals surface area contributed by atoms with Crippen LogP contribution in [0.5, 0.6) is 0 Å². The molecule has 1 fully saturated rings. The maximum absolute atomic E-state index is 13.2. The molecule has 4 rings (SSSR count). The van der Waals surface area contributed by atoms with Gasteiger partial charge in [0.15, 0.2) is 0 Å². The zero-order chi connectivity index (χ0) is 19.2. The van der Waals surface area contributed by atoms with E-state index in [-0.39, 0.29) is 24.9 Å². The highest BCUT2D eigenvalue weighted by Gasteiger charge is 2.55. The van der Waals surface area contributed by atoms with Crippen molar-refractivity contribution >= 4 is 23.4 Å². The molecule has 2 aliphatic heterocycles. The third-order valence-electron chi connectivity index (χ3n) is 5.34. The van der Waals surface area contributed by atoms with Crippen LogP contribution in [0.1, 0.15) is 28.2 Å². The summed E-state index contributed by atoms with van der Waals surface area (Å²) in [5.41, 5.74) is 7.20. The Morgan fingerprint density at radius 2 is 1.96 bits per heavy atom. The minimum absolute atomic E-state index is 0.162. The van der Waals surface area contributed by atoms with Crippen LogP contribution in [0.2, 0.25) is 0 Å². The number of benzene rings is 1. The number of amides is 3. The van der Waals surface area contributed by atoms with Crippen LogP contribution >= 0.6 is 0 Å². The van der Waals surface area contributed by atoms with E-state index in [2.05, 4.69) is 4.98 Å². The molecule has 0 saturated carbocycles. The van der Waals surface area contributed by atoms with E-state index in [1.54, 1.807) is 17.0 Å². The number of rotatable bonds is 3. The van der Waals surface area contributed by atoms with Crippen molar-refractivity contribution in [1.82, 2.24) is 9.88 Å². The van der Waals surface area contributed by atoms with Crippen molar-refractivity contribution < 1.29 is 14.4 Å². The zero-order valence-electron chi connectivity index (χ0n) is 15.0. The summed E-state index contributed by atoms with van der Waals surface area (Å²) < 4.78 is 0. The number of fused-ring (bicyclic) bond motifs is 2. The summed E-state index contributed by atoms with van der Waals surface area (Å²) in [6.45, 7) is 2.40. The number of likely N-dealkylation sites (tertiary alicyclic amines) is 1. The van der Waals surface area contributed by atoms with Crippen molar-refractivity contribution in [2.45, 2.75) is 18.8 Å². The molecule has 0 bridgehead atoms. The minimum atomic E-state index is -0.828. The Morgan fingerprint density at radius 1 is 1.19 bits per heavy atom. The van der Waals surface area contributed by atoms with Gasteiger partial charge in [-0.3, -0.25) is 14.4 Å². The number of aryl methyl sites for hydroxylation is 1. The van der Waals surface area contributed by atoms with E-state index in [0.717, 1.165) is 11.3 Å². The Balaban J connectivity index is 1.67. The third-order valence-corrected chi connectivity index (χ3v) is 5.34. The van der Waals surface area contributed by atoms with Crippen LogP contribution in [0.15, 0.2) is 42.5 Å². The Hall–Kier alpha value is -3.22. The van der Waals surface area contributed by atoms with Crippen molar-refractivity contribution in [2.75, 3.05) is 24.5 Å². The second-order valence-corrected chi connectivity index (χ2v) is 7.10. The lowest BCUT2D eigenvalue weighted by molar-refractivity contribution is -0.125. The number of hydrogen-bond donors (Lipinski definition) is 1. The van der Waals surface area contributed by atoms with Gasteiger partial charge in [-0.2, -0.15) is 0 Å². The molecule has 3 heterocycles. The standard InChI is InChI=1S/C20H20N4O3/c1-13-5-4-7-15(22-13)18(26)23-10-9-20(12-23)14-6-2-3-8-16(14)24(19(20)27)11-17(21)25/h2-8H,9-12H2,1H3,(H2,21,25)/t20-/m0/s1. The summed E-state index contributed by atoms with van der Waals surface area (Å²) in [5.74, 6) is -0.922. The molecule has 2 aromatic rings. The fraction of sp³-hybridized carbons (Fsp3) is 0.300. The van der Waals surface area contributed by atoms with Gasteiger partial charge in [0.25, 0.3) is 5.91 Å². The van der Waals surface area contributed by atoms with Crippen molar-refractivity contribution in [2.24, 2.45) is 5.73 Å². The molecule has 7 heteroatoms. The fourth-order valence-electron chi connectivity index (χ4n) is 4.11. The van der Waals surface area contributed by atoms with Gasteiger partial charge in [-0.25, -0.2) is 4.98 Å². The highest BCUT2D eigenvalue weighted by Crippen LogP contribution is 2.47. The monoisotopic (exact) mass is 364 g/mol. The van der Waals surface area contributed by atoms with Gasteiger partial charge in [-0.15, -0.1) is 0 Å². The van der Waals surface area contributed by atoms with Crippen LogP contribution < -0.4 is 10.6 Å². The molecule has 7 nitrogen and oxygen atoms in total. The topological polar surface area (TPSA) is 96.6 Å². The van der Waals surface area contributed by atoms with E-state index in [4.69, 9.17) is 5.73 Å². The van der Waals surface area contributed by atoms with Gasteiger partial charge < -0.3 is 15.5 Å². The van der Waals surface area contributed by atoms with Gasteiger partial charge >= 0.3 is 0 Å². The molecule has 1 aromatic heterocycles. The van der Waals surface area contributed by atoms with E-state index in [1.165, 1.54) is 4.90 Å². The summed E-state index contributed by atoms with van der Waals surface area (Å²) in [6.07, 6.45) is 0.510. The summed E-state index contributed by atoms with van der Waals surface area (Å²) in [4.78, 5) is 45.0. The predicted octanol–water partition coefficient (Wildman–Crippen LogP) is 1.01. The number of para-hydroxylation sites is 1. The van der Waals surface area contributed by atoms with Crippen molar-refractivity contribution in [3.05, 3.63) is 59.4 Å². The normalized spacial score (nSPS) is 21.0. The molecular weight excluding hydrogens is 344 g/mol. The largest absolute Gasteiger partial charge is 0.368 e. The summed E-state index contributed by atoms with van der Waals surface area (Å²) >= 11 is 0. The number of carbonyl (C=O) groups is 3. The number of nitrogens with zero attached hydrogens (tertiary/aromatic N) is 3. The van der Waals surface area contributed by atoms with Gasteiger partial charge in [-0.05, 0) is 37.1 Å². The first-order valence-corrected chi connectivity index (χ1v) is 8.85. The smallest absolute Gasteiger partial charge is 0.272 e. The molecule has 2 aliphatic rings. The maximum atomic E-state index is 13.2. The molecule has 2 N–H and O–H groups in total. The van der Waals surface area contributed by atoms with Gasteiger partial charge in [0, 0.05) is 24.5 Å². The predicted molar refractivity (Wildman–Crippen MR) is 99.2 cm³/mol. The third kappa shape index (κ3) is 2.66. The molecule has 27 heavy (non-hydrogen) atoms. The molecule has 0 radical (unpaired) electrons. The Morgan fingerprint density at radius 3 is 2.70 bits per heavy atom. The van der Waals surface area contributed by atoms with E-state index in [0.29, 0.717) is 24.3 Å². The van der Waals surface area contributed by atoms with Crippen LogP contribution in [0.25, 0.3) is 0 Å². The highest BCUT2D eigenvalue weighted by molar-refractivity contribution is 6.11. The second-order valence-electron chi connectivity index (χ2n) is 7.10. The first-order chi connectivity index (χ1) is 12.9. The fourth-order valence-corrected chi connectivity index (χ4v) is 4.11. The van der Waals surface area contributed by atoms with Crippen LogP contribution in [-0.4, -0.2) is 47.2 Å². The molecule has 1 spiro atoms. The van der Waals surface area contributed by atoms with E-state index >= 15 is 0 Å². The Kier molecular flexibility index (Phi) is 3.95. The molecule has 0 aliphatic carbocycles. The average Bonchev–Trinajstić information content (AvgIpc) is 3.19. The van der Waals surface area contributed by atoms with Crippen molar-refractivity contribution in [3.63, 3.8) is 0 Å². The van der Waals surface area contributed by atoms with Crippen LogP contribution in [0.4, 0.5) is 5.69 Å². The molecule has 1 aromatic carbocycles. The first kappa shape index (κ1) is 17.2. The van der Waals surface area contributed by atoms with E-state index < -0.39 is 11.3 Å². The van der Waals surface area contributed by atoms with Crippen LogP contribution in [0.3, 0.4) is 0 Å². The average molecular weight is 364 g/mol. The quantitative estimate of drug-likeness (QED) is 0.879. The lowest BCUT2D eigenvalue weighted by atomic mass is 9.81. The number of nitrogens with two attached hydrogens (primary N) is 1. The molecular formula is C20H20N4O3. The number of anilines is 1. The lowest BCUT2D eigenvalue weighted by Crippen LogP contribution is -2.45. The molecule has 1 atom stereocenters. The van der Waals surface area contributed by atoms with Gasteiger partial charge in [0.1, 0.15) is 12.2 Å². The van der Waals surface area contributed by atoms with E-state index in [9.17, 15) is 14.4 Å². The van der Waals surface area contributed by atoms with Gasteiger partial charge in [0.05, 0.1) is 5.41 Å². The van der Waals surface area contributed by atoms with Crippen molar-refractivity contribution in [3.8, 4) is 0 Å².